The normalized spacial score (nSPS) is 33.2. The van der Waals surface area contributed by atoms with Gasteiger partial charge in [0.05, 0.1) is 18.6 Å². The lowest BCUT2D eigenvalue weighted by Gasteiger charge is -2.61. The molecule has 0 aromatic carbocycles. The Labute approximate surface area is 127 Å². The van der Waals surface area contributed by atoms with E-state index < -0.39 is 5.54 Å². The van der Waals surface area contributed by atoms with Gasteiger partial charge in [0.2, 0.25) is 5.91 Å². The molecule has 1 heterocycles. The number of nitrogens with zero attached hydrogens (tertiary/aromatic N) is 2. The highest BCUT2D eigenvalue weighted by Crippen LogP contribution is 2.58. The summed E-state index contributed by atoms with van der Waals surface area (Å²) in [6.07, 6.45) is 1.28. The van der Waals surface area contributed by atoms with E-state index in [4.69, 9.17) is 15.7 Å². The van der Waals surface area contributed by atoms with Gasteiger partial charge in [-0.3, -0.25) is 4.79 Å². The van der Waals surface area contributed by atoms with Gasteiger partial charge in [-0.05, 0) is 12.3 Å². The molecule has 0 aromatic heterocycles. The molecule has 2 fully saturated rings. The number of carbonyl (C=O) groups excluding carboxylic acids is 1. The number of amides is 1. The molecular formula is C16H27N3O2. The Balaban J connectivity index is 2.21. The van der Waals surface area contributed by atoms with Crippen LogP contribution in [0.5, 0.6) is 0 Å². The number of carbonyl (C=O) groups is 1. The molecule has 0 spiro atoms. The summed E-state index contributed by atoms with van der Waals surface area (Å²) in [6.45, 7) is 9.99. The third kappa shape index (κ3) is 2.35. The van der Waals surface area contributed by atoms with Gasteiger partial charge in [-0.2, -0.15) is 5.26 Å². The van der Waals surface area contributed by atoms with Crippen molar-refractivity contribution in [2.45, 2.75) is 52.2 Å². The molecule has 2 N–H and O–H groups in total. The molecule has 3 unspecified atom stereocenters. The Kier molecular flexibility index (Phi) is 4.32. The van der Waals surface area contributed by atoms with E-state index in [-0.39, 0.29) is 23.3 Å². The van der Waals surface area contributed by atoms with Gasteiger partial charge in [0.25, 0.3) is 0 Å². The zero-order chi connectivity index (χ0) is 15.8. The molecule has 118 valence electrons. The van der Waals surface area contributed by atoms with E-state index in [0.717, 1.165) is 6.42 Å². The molecule has 0 aromatic rings. The number of rotatable bonds is 5. The maximum atomic E-state index is 13.1. The first-order valence-electron chi connectivity index (χ1n) is 7.83. The fourth-order valence-electron chi connectivity index (χ4n) is 3.98. The number of ether oxygens (including phenoxy) is 1. The minimum absolute atomic E-state index is 0.0109. The first-order chi connectivity index (χ1) is 9.76. The molecule has 1 aliphatic heterocycles. The molecule has 0 radical (unpaired) electrons. The van der Waals surface area contributed by atoms with Crippen molar-refractivity contribution in [1.82, 2.24) is 4.90 Å². The van der Waals surface area contributed by atoms with Crippen LogP contribution >= 0.6 is 0 Å². The largest absolute Gasteiger partial charge is 0.377 e. The summed E-state index contributed by atoms with van der Waals surface area (Å²) in [5.74, 6) is 0.454. The third-order valence-electron chi connectivity index (χ3n) is 5.17. The van der Waals surface area contributed by atoms with Gasteiger partial charge in [0, 0.05) is 31.0 Å². The molecule has 21 heavy (non-hydrogen) atoms. The highest BCUT2D eigenvalue weighted by atomic mass is 16.5. The summed E-state index contributed by atoms with van der Waals surface area (Å²) in [7, 11) is 0. The van der Waals surface area contributed by atoms with Gasteiger partial charge in [0.15, 0.2) is 0 Å². The molecule has 2 aliphatic rings. The second-order valence-corrected chi connectivity index (χ2v) is 7.33. The summed E-state index contributed by atoms with van der Waals surface area (Å²) in [5.41, 5.74) is 5.39. The van der Waals surface area contributed by atoms with Crippen molar-refractivity contribution >= 4 is 5.91 Å². The fourth-order valence-corrected chi connectivity index (χ4v) is 3.98. The molecule has 5 nitrogen and oxygen atoms in total. The number of nitriles is 1. The number of fused-ring (bicyclic) bond motifs is 1. The number of nitrogens with two attached hydrogens (primary N) is 1. The van der Waals surface area contributed by atoms with E-state index in [2.05, 4.69) is 19.9 Å². The summed E-state index contributed by atoms with van der Waals surface area (Å²) in [6, 6.07) is 2.12. The summed E-state index contributed by atoms with van der Waals surface area (Å²) < 4.78 is 5.75. The maximum Gasteiger partial charge on any atom is 0.243 e. The first kappa shape index (κ1) is 16.3. The van der Waals surface area contributed by atoms with E-state index >= 15 is 0 Å². The molecule has 1 saturated heterocycles. The lowest BCUT2D eigenvalue weighted by Crippen LogP contribution is -2.80. The Morgan fingerprint density at radius 3 is 2.76 bits per heavy atom. The molecule has 1 amide bonds. The predicted octanol–water partition coefficient (Wildman–Crippen LogP) is 1.53. The van der Waals surface area contributed by atoms with Crippen molar-refractivity contribution < 1.29 is 9.53 Å². The fraction of sp³-hybridized carbons (Fsp3) is 0.875. The number of hydrogen-bond acceptors (Lipinski definition) is 4. The van der Waals surface area contributed by atoms with Gasteiger partial charge >= 0.3 is 0 Å². The van der Waals surface area contributed by atoms with Crippen molar-refractivity contribution in [3.05, 3.63) is 0 Å². The van der Waals surface area contributed by atoms with Crippen LogP contribution in [-0.2, 0) is 9.53 Å². The summed E-state index contributed by atoms with van der Waals surface area (Å²) in [5, 5.41) is 8.82. The average Bonchev–Trinajstić information content (AvgIpc) is 2.89. The Morgan fingerprint density at radius 2 is 2.19 bits per heavy atom. The Hall–Kier alpha value is -1.12. The monoisotopic (exact) mass is 293 g/mol. The van der Waals surface area contributed by atoms with E-state index in [1.165, 1.54) is 0 Å². The molecular weight excluding hydrogens is 266 g/mol. The zero-order valence-corrected chi connectivity index (χ0v) is 13.6. The highest BCUT2D eigenvalue weighted by molar-refractivity contribution is 5.89. The van der Waals surface area contributed by atoms with Gasteiger partial charge in [-0.25, -0.2) is 0 Å². The molecule has 0 bridgehead atoms. The van der Waals surface area contributed by atoms with E-state index in [1.54, 1.807) is 4.90 Å². The van der Waals surface area contributed by atoms with Crippen LogP contribution in [-0.4, -0.2) is 42.1 Å². The van der Waals surface area contributed by atoms with Gasteiger partial charge in [-0.1, -0.05) is 27.7 Å². The maximum absolute atomic E-state index is 13.1. The van der Waals surface area contributed by atoms with Crippen LogP contribution in [0, 0.1) is 28.6 Å². The smallest absolute Gasteiger partial charge is 0.243 e. The van der Waals surface area contributed by atoms with Crippen LogP contribution < -0.4 is 5.73 Å². The molecule has 1 saturated carbocycles. The lowest BCUT2D eigenvalue weighted by molar-refractivity contribution is -0.184. The van der Waals surface area contributed by atoms with Gasteiger partial charge in [-0.15, -0.1) is 0 Å². The van der Waals surface area contributed by atoms with Crippen LogP contribution in [0.4, 0.5) is 0 Å². The van der Waals surface area contributed by atoms with Gasteiger partial charge in [0.1, 0.15) is 5.54 Å². The Bertz CT molecular complexity index is 455. The van der Waals surface area contributed by atoms with Crippen LogP contribution in [0.3, 0.4) is 0 Å². The SMILES string of the molecule is CC(C)CN(CCC#N)C(=O)C1(N)C2CCOC2C1(C)C. The minimum Gasteiger partial charge on any atom is -0.377 e. The van der Waals surface area contributed by atoms with Crippen LogP contribution in [0.2, 0.25) is 0 Å². The Morgan fingerprint density at radius 1 is 1.52 bits per heavy atom. The van der Waals surface area contributed by atoms with Crippen LogP contribution in [0.25, 0.3) is 0 Å². The quantitative estimate of drug-likeness (QED) is 0.833. The van der Waals surface area contributed by atoms with Crippen LogP contribution in [0.15, 0.2) is 0 Å². The van der Waals surface area contributed by atoms with Crippen molar-refractivity contribution in [1.29, 1.82) is 5.26 Å². The summed E-state index contributed by atoms with van der Waals surface area (Å²) >= 11 is 0. The minimum atomic E-state index is -0.863. The molecule has 1 aliphatic carbocycles. The standard InChI is InChI=1S/C16H27N3O2/c1-11(2)10-19(8-5-7-17)14(20)16(18)12-6-9-21-13(12)15(16,3)4/h11-13H,5-6,8-10,18H2,1-4H3. The average molecular weight is 293 g/mol. The lowest BCUT2D eigenvalue weighted by atomic mass is 9.47. The first-order valence-corrected chi connectivity index (χ1v) is 7.83. The molecule has 2 rings (SSSR count). The molecule has 3 atom stereocenters. The second-order valence-electron chi connectivity index (χ2n) is 7.33. The second kappa shape index (κ2) is 5.58. The molecule has 5 heteroatoms. The topological polar surface area (TPSA) is 79.4 Å². The van der Waals surface area contributed by atoms with E-state index in [1.807, 2.05) is 13.8 Å². The summed E-state index contributed by atoms with van der Waals surface area (Å²) in [4.78, 5) is 14.9. The van der Waals surface area contributed by atoms with Crippen molar-refractivity contribution in [2.24, 2.45) is 23.0 Å². The third-order valence-corrected chi connectivity index (χ3v) is 5.17. The van der Waals surface area contributed by atoms with Crippen molar-refractivity contribution in [3.8, 4) is 6.07 Å². The van der Waals surface area contributed by atoms with E-state index in [9.17, 15) is 4.79 Å². The van der Waals surface area contributed by atoms with E-state index in [0.29, 0.717) is 32.0 Å². The van der Waals surface area contributed by atoms with Crippen molar-refractivity contribution in [3.63, 3.8) is 0 Å². The zero-order valence-electron chi connectivity index (χ0n) is 13.6. The van der Waals surface area contributed by atoms with Crippen LogP contribution in [0.1, 0.15) is 40.5 Å². The van der Waals surface area contributed by atoms with Gasteiger partial charge < -0.3 is 15.4 Å². The van der Waals surface area contributed by atoms with Crippen molar-refractivity contribution in [2.75, 3.05) is 19.7 Å². The predicted molar refractivity (Wildman–Crippen MR) is 80.2 cm³/mol. The number of hydrogen-bond donors (Lipinski definition) is 1. The highest BCUT2D eigenvalue weighted by Gasteiger charge is 2.71.